The molecule has 0 heterocycles. The van der Waals surface area contributed by atoms with Gasteiger partial charge in [0.05, 0.1) is 18.8 Å². The minimum absolute atomic E-state index is 0.00318. The van der Waals surface area contributed by atoms with E-state index < -0.39 is 36.8 Å². The third kappa shape index (κ3) is 28.4. The Bertz CT molecular complexity index is 1020. The standard InChI is InChI=1S/C48H86O8/c1-4-6-25-31-41(50)35-36-44-43(45(51)37-46(44)52)32-27-23-24-28-33-47(53)55-39-42(38-49)56-48(54)34-29-22-20-18-16-14-12-10-8-7-9-11-13-15-17-19-21-26-30-40(3)5-2/h23,27,35-36,40-45,49-51H,4-22,24-26,28-34,37-39H2,1-3H3/b27-23-,36-35+/t40?,41-,42-,43+,44+,45-/m0/s1. The third-order valence-corrected chi connectivity index (χ3v) is 11.7. The van der Waals surface area contributed by atoms with Crippen LogP contribution in [0.1, 0.15) is 213 Å². The van der Waals surface area contributed by atoms with E-state index in [9.17, 15) is 29.7 Å². The lowest BCUT2D eigenvalue weighted by atomic mass is 9.90. The SMILES string of the molecule is CCCCC[C@H](O)/C=C/[C@H]1C(=O)C[C@H](O)[C@@H]1C/C=C\CCCC(=O)OC[C@H](CO)OC(=O)CCCCCCCCCCCCCCCCCCCCC(C)CC. The number of unbranched alkanes of at least 4 members (excludes halogenated alkanes) is 20. The number of allylic oxidation sites excluding steroid dienone is 3. The summed E-state index contributed by atoms with van der Waals surface area (Å²) >= 11 is 0. The number of aliphatic hydroxyl groups excluding tert-OH is 3. The van der Waals surface area contributed by atoms with E-state index in [2.05, 4.69) is 20.8 Å². The summed E-state index contributed by atoms with van der Waals surface area (Å²) in [6.07, 6.45) is 37.5. The smallest absolute Gasteiger partial charge is 0.306 e. The number of Topliss-reactive ketones (excluding diaryl/α,β-unsaturated/α-hetero) is 1. The fraction of sp³-hybridized carbons (Fsp3) is 0.854. The molecule has 3 N–H and O–H groups in total. The normalized spacial score (nSPS) is 18.9. The molecule has 0 amide bonds. The number of rotatable bonds is 38. The molecule has 8 nitrogen and oxygen atoms in total. The highest BCUT2D eigenvalue weighted by molar-refractivity contribution is 5.86. The molecule has 1 rings (SSSR count). The summed E-state index contributed by atoms with van der Waals surface area (Å²) in [6.45, 7) is 6.22. The maximum absolute atomic E-state index is 12.4. The molecule has 8 heteroatoms. The fourth-order valence-electron chi connectivity index (χ4n) is 7.63. The van der Waals surface area contributed by atoms with Crippen molar-refractivity contribution in [1.82, 2.24) is 0 Å². The van der Waals surface area contributed by atoms with Crippen molar-refractivity contribution in [3.8, 4) is 0 Å². The second-order valence-electron chi connectivity index (χ2n) is 16.9. The van der Waals surface area contributed by atoms with Crippen LogP contribution in [-0.4, -0.2) is 64.6 Å². The Labute approximate surface area is 343 Å². The van der Waals surface area contributed by atoms with Crippen LogP contribution >= 0.6 is 0 Å². The molecule has 0 radical (unpaired) electrons. The molecule has 1 aliphatic rings. The number of carbonyl (C=O) groups excluding carboxylic acids is 3. The van der Waals surface area contributed by atoms with Gasteiger partial charge in [-0.3, -0.25) is 14.4 Å². The van der Waals surface area contributed by atoms with Crippen molar-refractivity contribution in [3.05, 3.63) is 24.3 Å². The van der Waals surface area contributed by atoms with Crippen molar-refractivity contribution in [2.45, 2.75) is 232 Å². The number of carbonyl (C=O) groups is 3. The van der Waals surface area contributed by atoms with Gasteiger partial charge in [-0.15, -0.1) is 0 Å². The quantitative estimate of drug-likeness (QED) is 0.0320. The first-order chi connectivity index (χ1) is 27.2. The molecule has 56 heavy (non-hydrogen) atoms. The van der Waals surface area contributed by atoms with E-state index in [0.717, 1.165) is 44.4 Å². The number of aliphatic hydroxyl groups is 3. The van der Waals surface area contributed by atoms with Gasteiger partial charge in [0, 0.05) is 31.1 Å². The van der Waals surface area contributed by atoms with Gasteiger partial charge in [-0.2, -0.15) is 0 Å². The summed E-state index contributed by atoms with van der Waals surface area (Å²) in [7, 11) is 0. The predicted octanol–water partition coefficient (Wildman–Crippen LogP) is 11.5. The van der Waals surface area contributed by atoms with Gasteiger partial charge in [-0.1, -0.05) is 186 Å². The van der Waals surface area contributed by atoms with Gasteiger partial charge >= 0.3 is 11.9 Å². The van der Waals surface area contributed by atoms with Gasteiger partial charge in [-0.05, 0) is 38.0 Å². The molecule has 0 spiro atoms. The summed E-state index contributed by atoms with van der Waals surface area (Å²) in [5.74, 6) is -0.488. The van der Waals surface area contributed by atoms with E-state index in [1.807, 2.05) is 12.2 Å². The molecule has 0 bridgehead atoms. The molecule has 1 unspecified atom stereocenters. The Hall–Kier alpha value is -2.03. The summed E-state index contributed by atoms with van der Waals surface area (Å²) < 4.78 is 10.6. The molecule has 1 fully saturated rings. The second-order valence-corrected chi connectivity index (χ2v) is 16.9. The van der Waals surface area contributed by atoms with Crippen molar-refractivity contribution in [3.63, 3.8) is 0 Å². The third-order valence-electron chi connectivity index (χ3n) is 11.7. The molecule has 1 saturated carbocycles. The Morgan fingerprint density at radius 2 is 1.27 bits per heavy atom. The van der Waals surface area contributed by atoms with Gasteiger partial charge in [0.2, 0.25) is 0 Å². The van der Waals surface area contributed by atoms with Crippen LogP contribution in [0.25, 0.3) is 0 Å². The van der Waals surface area contributed by atoms with Crippen molar-refractivity contribution in [2.24, 2.45) is 17.8 Å². The fourth-order valence-corrected chi connectivity index (χ4v) is 7.63. The predicted molar refractivity (Wildman–Crippen MR) is 229 cm³/mol. The van der Waals surface area contributed by atoms with E-state index in [0.29, 0.717) is 32.1 Å². The monoisotopic (exact) mass is 791 g/mol. The number of hydrogen-bond acceptors (Lipinski definition) is 8. The molecule has 1 aliphatic carbocycles. The topological polar surface area (TPSA) is 130 Å². The summed E-state index contributed by atoms with van der Waals surface area (Å²) in [5, 5.41) is 30.2. The van der Waals surface area contributed by atoms with E-state index >= 15 is 0 Å². The summed E-state index contributed by atoms with van der Waals surface area (Å²) in [6, 6.07) is 0. The Morgan fingerprint density at radius 3 is 1.82 bits per heavy atom. The van der Waals surface area contributed by atoms with Crippen LogP contribution in [0.4, 0.5) is 0 Å². The molecule has 0 aromatic heterocycles. The summed E-state index contributed by atoms with van der Waals surface area (Å²) in [4.78, 5) is 36.9. The second kappa shape index (κ2) is 36.1. The number of ketones is 1. The van der Waals surface area contributed by atoms with Gasteiger partial charge in [0.1, 0.15) is 12.4 Å². The lowest BCUT2D eigenvalue weighted by Crippen LogP contribution is -2.28. The highest BCUT2D eigenvalue weighted by atomic mass is 16.6. The lowest BCUT2D eigenvalue weighted by Gasteiger charge is -2.17. The van der Waals surface area contributed by atoms with Crippen LogP contribution in [0.2, 0.25) is 0 Å². The van der Waals surface area contributed by atoms with Gasteiger partial charge in [0.25, 0.3) is 0 Å². The Kier molecular flexibility index (Phi) is 33.5. The highest BCUT2D eigenvalue weighted by Crippen LogP contribution is 2.33. The molecule has 0 saturated heterocycles. The number of hydrogen-bond donors (Lipinski definition) is 3. The zero-order valence-corrected chi connectivity index (χ0v) is 36.3. The average molecular weight is 791 g/mol. The number of esters is 2. The van der Waals surface area contributed by atoms with Gasteiger partial charge in [-0.25, -0.2) is 0 Å². The first-order valence-corrected chi connectivity index (χ1v) is 23.4. The highest BCUT2D eigenvalue weighted by Gasteiger charge is 2.39. The molecule has 0 aromatic rings. The van der Waals surface area contributed by atoms with Crippen molar-refractivity contribution in [2.75, 3.05) is 13.2 Å². The van der Waals surface area contributed by atoms with Crippen LogP contribution in [0.5, 0.6) is 0 Å². The minimum atomic E-state index is -0.856. The van der Waals surface area contributed by atoms with E-state index in [1.54, 1.807) is 12.2 Å². The lowest BCUT2D eigenvalue weighted by molar-refractivity contribution is -0.161. The average Bonchev–Trinajstić information content (AvgIpc) is 3.46. The van der Waals surface area contributed by atoms with Crippen LogP contribution in [0.15, 0.2) is 24.3 Å². The number of ether oxygens (including phenoxy) is 2. The van der Waals surface area contributed by atoms with Crippen molar-refractivity contribution >= 4 is 17.7 Å². The van der Waals surface area contributed by atoms with Crippen LogP contribution in [0.3, 0.4) is 0 Å². The zero-order chi connectivity index (χ0) is 41.1. The van der Waals surface area contributed by atoms with Crippen molar-refractivity contribution < 1.29 is 39.2 Å². The van der Waals surface area contributed by atoms with Crippen LogP contribution in [0, 0.1) is 17.8 Å². The minimum Gasteiger partial charge on any atom is -0.462 e. The van der Waals surface area contributed by atoms with Gasteiger partial charge in [0.15, 0.2) is 6.10 Å². The molecule has 0 aliphatic heterocycles. The maximum atomic E-state index is 12.4. The van der Waals surface area contributed by atoms with Crippen molar-refractivity contribution in [1.29, 1.82) is 0 Å². The van der Waals surface area contributed by atoms with Crippen LogP contribution in [-0.2, 0) is 23.9 Å². The molecule has 6 atom stereocenters. The largest absolute Gasteiger partial charge is 0.462 e. The first kappa shape index (κ1) is 52.0. The Balaban J connectivity index is 2.01. The molecule has 0 aromatic carbocycles. The summed E-state index contributed by atoms with van der Waals surface area (Å²) in [5.41, 5.74) is 0. The zero-order valence-electron chi connectivity index (χ0n) is 36.3. The van der Waals surface area contributed by atoms with Gasteiger partial charge < -0.3 is 24.8 Å². The molecular formula is C48H86O8. The Morgan fingerprint density at radius 1 is 0.732 bits per heavy atom. The molecule has 326 valence electrons. The molecular weight excluding hydrogens is 705 g/mol. The maximum Gasteiger partial charge on any atom is 0.306 e. The van der Waals surface area contributed by atoms with Crippen LogP contribution < -0.4 is 0 Å². The van der Waals surface area contributed by atoms with E-state index in [4.69, 9.17) is 9.47 Å². The van der Waals surface area contributed by atoms with E-state index in [1.165, 1.54) is 109 Å². The first-order valence-electron chi connectivity index (χ1n) is 23.4. The van der Waals surface area contributed by atoms with E-state index in [-0.39, 0.29) is 37.1 Å².